The van der Waals surface area contributed by atoms with Crippen molar-refractivity contribution < 1.29 is 4.79 Å². The number of hydrogen-bond donors (Lipinski definition) is 1. The van der Waals surface area contributed by atoms with E-state index in [2.05, 4.69) is 10.4 Å². The number of amides is 1. The second kappa shape index (κ2) is 6.16. The topological polar surface area (TPSA) is 45.2 Å². The van der Waals surface area contributed by atoms with E-state index in [9.17, 15) is 4.79 Å². The number of nitrogens with one attached hydrogen (secondary N) is 1. The molecule has 1 aliphatic heterocycles. The number of piperidine rings is 1. The molecule has 1 fully saturated rings. The summed E-state index contributed by atoms with van der Waals surface area (Å²) in [6.07, 6.45) is 4.28. The van der Waals surface area contributed by atoms with Crippen LogP contribution in [0, 0.1) is 0 Å². The van der Waals surface area contributed by atoms with E-state index in [1.807, 2.05) is 11.9 Å². The molecule has 2 heterocycles. The summed E-state index contributed by atoms with van der Waals surface area (Å²) in [6, 6.07) is 3.41. The predicted molar refractivity (Wildman–Crippen MR) is 71.5 cm³/mol. The quantitative estimate of drug-likeness (QED) is 0.856. The van der Waals surface area contributed by atoms with Gasteiger partial charge < -0.3 is 0 Å². The summed E-state index contributed by atoms with van der Waals surface area (Å²) < 4.78 is 0. The van der Waals surface area contributed by atoms with Crippen LogP contribution in [-0.2, 0) is 6.42 Å². The zero-order valence-electron chi connectivity index (χ0n) is 10.6. The van der Waals surface area contributed by atoms with Gasteiger partial charge in [0, 0.05) is 24.3 Å². The molecule has 0 unspecified atom stereocenters. The van der Waals surface area contributed by atoms with E-state index in [4.69, 9.17) is 11.6 Å². The molecule has 4 nitrogen and oxygen atoms in total. The summed E-state index contributed by atoms with van der Waals surface area (Å²) in [5.41, 5.74) is 4.34. The minimum Gasteiger partial charge on any atom is -0.285 e. The fourth-order valence-corrected chi connectivity index (χ4v) is 2.30. The van der Waals surface area contributed by atoms with Gasteiger partial charge in [0.2, 0.25) is 0 Å². The summed E-state index contributed by atoms with van der Waals surface area (Å²) in [7, 11) is 0. The number of aryl methyl sites for hydroxylation is 1. The Morgan fingerprint density at radius 2 is 2.11 bits per heavy atom. The average molecular weight is 268 g/mol. The van der Waals surface area contributed by atoms with Crippen LogP contribution in [0.25, 0.3) is 0 Å². The third-order valence-electron chi connectivity index (χ3n) is 3.09. The molecular weight excluding hydrogens is 250 g/mol. The average Bonchev–Trinajstić information content (AvgIpc) is 2.39. The first kappa shape index (κ1) is 13.3. The van der Waals surface area contributed by atoms with Gasteiger partial charge in [-0.2, -0.15) is 0 Å². The summed E-state index contributed by atoms with van der Waals surface area (Å²) in [6.45, 7) is 3.83. The first-order chi connectivity index (χ1) is 8.69. The Hall–Kier alpha value is -1.13. The van der Waals surface area contributed by atoms with Crippen molar-refractivity contribution in [2.45, 2.75) is 32.6 Å². The van der Waals surface area contributed by atoms with E-state index in [-0.39, 0.29) is 5.91 Å². The smallest absolute Gasteiger partial charge is 0.265 e. The van der Waals surface area contributed by atoms with Crippen LogP contribution >= 0.6 is 11.6 Å². The SMILES string of the molecule is CCc1cc(C(=O)NN2CCCCC2)cc(Cl)n1. The number of carbonyl (C=O) groups excluding carboxylic acids is 1. The molecule has 1 aromatic rings. The van der Waals surface area contributed by atoms with E-state index >= 15 is 0 Å². The van der Waals surface area contributed by atoms with E-state index in [1.54, 1.807) is 12.1 Å². The van der Waals surface area contributed by atoms with Crippen LogP contribution in [0.15, 0.2) is 12.1 Å². The maximum absolute atomic E-state index is 12.1. The first-order valence-electron chi connectivity index (χ1n) is 6.41. The van der Waals surface area contributed by atoms with E-state index < -0.39 is 0 Å². The van der Waals surface area contributed by atoms with Crippen LogP contribution in [-0.4, -0.2) is 29.0 Å². The highest BCUT2D eigenvalue weighted by molar-refractivity contribution is 6.29. The Labute approximate surface area is 112 Å². The van der Waals surface area contributed by atoms with E-state index in [1.165, 1.54) is 6.42 Å². The number of hydrogen-bond acceptors (Lipinski definition) is 3. The molecule has 1 aliphatic rings. The highest BCUT2D eigenvalue weighted by atomic mass is 35.5. The lowest BCUT2D eigenvalue weighted by Gasteiger charge is -2.26. The number of hydrazine groups is 1. The molecule has 1 N–H and O–H groups in total. The third kappa shape index (κ3) is 3.43. The molecule has 2 rings (SSSR count). The first-order valence-corrected chi connectivity index (χ1v) is 6.79. The fraction of sp³-hybridized carbons (Fsp3) is 0.538. The fourth-order valence-electron chi connectivity index (χ4n) is 2.08. The molecule has 1 amide bonds. The van der Waals surface area contributed by atoms with Gasteiger partial charge in [-0.25, -0.2) is 9.99 Å². The second-order valence-corrected chi connectivity index (χ2v) is 4.90. The molecule has 0 saturated carbocycles. The molecule has 0 atom stereocenters. The molecule has 98 valence electrons. The molecule has 0 aromatic carbocycles. The Kier molecular flexibility index (Phi) is 4.55. The number of carbonyl (C=O) groups is 1. The number of halogens is 1. The lowest BCUT2D eigenvalue weighted by atomic mass is 10.1. The number of pyridine rings is 1. The van der Waals surface area contributed by atoms with Crippen molar-refractivity contribution in [2.24, 2.45) is 0 Å². The molecule has 0 aliphatic carbocycles. The zero-order chi connectivity index (χ0) is 13.0. The minimum absolute atomic E-state index is 0.101. The van der Waals surface area contributed by atoms with Crippen molar-refractivity contribution in [3.63, 3.8) is 0 Å². The lowest BCUT2D eigenvalue weighted by molar-refractivity contribution is 0.0750. The molecule has 0 spiro atoms. The third-order valence-corrected chi connectivity index (χ3v) is 3.28. The Bertz CT molecular complexity index is 430. The van der Waals surface area contributed by atoms with Gasteiger partial charge >= 0.3 is 0 Å². The normalized spacial score (nSPS) is 16.6. The lowest BCUT2D eigenvalue weighted by Crippen LogP contribution is -2.45. The standard InChI is InChI=1S/C13H18ClN3O/c1-2-11-8-10(9-12(14)15-11)13(18)16-17-6-4-3-5-7-17/h8-9H,2-7H2,1H3,(H,16,18). The van der Waals surface area contributed by atoms with Crippen LogP contribution in [0.2, 0.25) is 5.15 Å². The summed E-state index contributed by atoms with van der Waals surface area (Å²) in [5, 5.41) is 2.35. The van der Waals surface area contributed by atoms with Crippen molar-refractivity contribution in [2.75, 3.05) is 13.1 Å². The molecule has 1 aromatic heterocycles. The van der Waals surface area contributed by atoms with Crippen molar-refractivity contribution in [1.29, 1.82) is 0 Å². The molecule has 1 saturated heterocycles. The largest absolute Gasteiger partial charge is 0.285 e. The maximum atomic E-state index is 12.1. The van der Waals surface area contributed by atoms with Gasteiger partial charge in [-0.05, 0) is 31.4 Å². The van der Waals surface area contributed by atoms with Gasteiger partial charge in [-0.3, -0.25) is 10.2 Å². The molecular formula is C13H18ClN3O. The van der Waals surface area contributed by atoms with Crippen molar-refractivity contribution in [1.82, 2.24) is 15.4 Å². The van der Waals surface area contributed by atoms with Crippen molar-refractivity contribution in [3.8, 4) is 0 Å². The zero-order valence-corrected chi connectivity index (χ0v) is 11.3. The van der Waals surface area contributed by atoms with Gasteiger partial charge in [-0.1, -0.05) is 24.9 Å². The van der Waals surface area contributed by atoms with E-state index in [0.29, 0.717) is 10.7 Å². The summed E-state index contributed by atoms with van der Waals surface area (Å²) in [5.74, 6) is -0.101. The van der Waals surface area contributed by atoms with Crippen LogP contribution in [0.5, 0.6) is 0 Å². The summed E-state index contributed by atoms with van der Waals surface area (Å²) in [4.78, 5) is 16.2. The van der Waals surface area contributed by atoms with Gasteiger partial charge in [0.15, 0.2) is 0 Å². The number of nitrogens with zero attached hydrogens (tertiary/aromatic N) is 2. The molecule has 0 radical (unpaired) electrons. The monoisotopic (exact) mass is 267 g/mol. The van der Waals surface area contributed by atoms with Gasteiger partial charge in [0.05, 0.1) is 0 Å². The van der Waals surface area contributed by atoms with Crippen LogP contribution < -0.4 is 5.43 Å². The summed E-state index contributed by atoms with van der Waals surface area (Å²) >= 11 is 5.91. The van der Waals surface area contributed by atoms with Crippen molar-refractivity contribution >= 4 is 17.5 Å². The molecule has 18 heavy (non-hydrogen) atoms. The predicted octanol–water partition coefficient (Wildman–Crippen LogP) is 2.43. The van der Waals surface area contributed by atoms with Gasteiger partial charge in [0.25, 0.3) is 5.91 Å². The van der Waals surface area contributed by atoms with E-state index in [0.717, 1.165) is 38.0 Å². The maximum Gasteiger partial charge on any atom is 0.265 e. The van der Waals surface area contributed by atoms with Gasteiger partial charge in [-0.15, -0.1) is 0 Å². The highest BCUT2D eigenvalue weighted by Gasteiger charge is 2.15. The van der Waals surface area contributed by atoms with Gasteiger partial charge in [0.1, 0.15) is 5.15 Å². The van der Waals surface area contributed by atoms with Crippen LogP contribution in [0.3, 0.4) is 0 Å². The molecule has 0 bridgehead atoms. The number of aromatic nitrogens is 1. The second-order valence-electron chi connectivity index (χ2n) is 4.51. The Balaban J connectivity index is 2.05. The van der Waals surface area contributed by atoms with Crippen molar-refractivity contribution in [3.05, 3.63) is 28.5 Å². The van der Waals surface area contributed by atoms with Crippen LogP contribution in [0.1, 0.15) is 42.2 Å². The highest BCUT2D eigenvalue weighted by Crippen LogP contribution is 2.12. The Morgan fingerprint density at radius 3 is 2.78 bits per heavy atom. The Morgan fingerprint density at radius 1 is 1.39 bits per heavy atom. The molecule has 5 heteroatoms. The minimum atomic E-state index is -0.101. The van der Waals surface area contributed by atoms with Crippen LogP contribution in [0.4, 0.5) is 0 Å². The number of rotatable bonds is 3.